The SMILES string of the molecule is CC(C)(C)OC(=O)N1CC[C@@H]2CNCC[C@@H]2C1.Cl. The zero-order chi connectivity index (χ0) is 12.5. The van der Waals surface area contributed by atoms with E-state index in [1.165, 1.54) is 6.42 Å². The molecule has 0 bridgehead atoms. The summed E-state index contributed by atoms with van der Waals surface area (Å²) in [6.07, 6.45) is 2.15. The zero-order valence-electron chi connectivity index (χ0n) is 11.6. The largest absolute Gasteiger partial charge is 0.444 e. The fraction of sp³-hybridized carbons (Fsp3) is 0.923. The van der Waals surface area contributed by atoms with Crippen LogP contribution in [0.1, 0.15) is 33.6 Å². The smallest absolute Gasteiger partial charge is 0.410 e. The summed E-state index contributed by atoms with van der Waals surface area (Å²) in [7, 11) is 0. The van der Waals surface area contributed by atoms with Crippen molar-refractivity contribution in [3.63, 3.8) is 0 Å². The summed E-state index contributed by atoms with van der Waals surface area (Å²) in [6, 6.07) is 0. The first-order valence-electron chi connectivity index (χ1n) is 6.64. The number of hydrogen-bond acceptors (Lipinski definition) is 3. The number of carbonyl (C=O) groups is 1. The first-order valence-corrected chi connectivity index (χ1v) is 6.64. The van der Waals surface area contributed by atoms with E-state index in [2.05, 4.69) is 5.32 Å². The number of carbonyl (C=O) groups excluding carboxylic acids is 1. The lowest BCUT2D eigenvalue weighted by Crippen LogP contribution is -2.50. The number of fused-ring (bicyclic) bond motifs is 1. The van der Waals surface area contributed by atoms with E-state index in [9.17, 15) is 4.79 Å². The van der Waals surface area contributed by atoms with Gasteiger partial charge in [0.05, 0.1) is 0 Å². The Morgan fingerprint density at radius 2 is 2.00 bits per heavy atom. The first kappa shape index (κ1) is 15.6. The van der Waals surface area contributed by atoms with Gasteiger partial charge in [0, 0.05) is 13.1 Å². The van der Waals surface area contributed by atoms with Gasteiger partial charge in [0.25, 0.3) is 0 Å². The van der Waals surface area contributed by atoms with E-state index in [0.29, 0.717) is 5.92 Å². The zero-order valence-corrected chi connectivity index (χ0v) is 12.4. The number of rotatable bonds is 0. The van der Waals surface area contributed by atoms with Crippen LogP contribution in [-0.4, -0.2) is 42.8 Å². The molecule has 106 valence electrons. The van der Waals surface area contributed by atoms with Crippen LogP contribution in [0.25, 0.3) is 0 Å². The molecular formula is C13H25ClN2O2. The topological polar surface area (TPSA) is 41.6 Å². The molecule has 1 N–H and O–H groups in total. The lowest BCUT2D eigenvalue weighted by Gasteiger charge is -2.41. The van der Waals surface area contributed by atoms with Crippen LogP contribution in [0.5, 0.6) is 0 Å². The summed E-state index contributed by atoms with van der Waals surface area (Å²) >= 11 is 0. The van der Waals surface area contributed by atoms with Crippen LogP contribution < -0.4 is 5.32 Å². The molecule has 1 amide bonds. The summed E-state index contributed by atoms with van der Waals surface area (Å²) in [6.45, 7) is 9.68. The van der Waals surface area contributed by atoms with Crippen molar-refractivity contribution in [2.24, 2.45) is 11.8 Å². The van der Waals surface area contributed by atoms with Crippen LogP contribution >= 0.6 is 12.4 Å². The predicted molar refractivity (Wildman–Crippen MR) is 74.1 cm³/mol. The third kappa shape index (κ3) is 4.02. The Morgan fingerprint density at radius 1 is 1.28 bits per heavy atom. The van der Waals surface area contributed by atoms with E-state index >= 15 is 0 Å². The van der Waals surface area contributed by atoms with Gasteiger partial charge in [0.1, 0.15) is 5.60 Å². The summed E-state index contributed by atoms with van der Waals surface area (Å²) in [4.78, 5) is 13.9. The van der Waals surface area contributed by atoms with Gasteiger partial charge in [-0.2, -0.15) is 0 Å². The number of nitrogens with zero attached hydrogens (tertiary/aromatic N) is 1. The number of amides is 1. The lowest BCUT2D eigenvalue weighted by molar-refractivity contribution is 0.00716. The van der Waals surface area contributed by atoms with Crippen LogP contribution in [0.2, 0.25) is 0 Å². The highest BCUT2D eigenvalue weighted by Gasteiger charge is 2.34. The van der Waals surface area contributed by atoms with Crippen LogP contribution in [0.3, 0.4) is 0 Å². The Bertz CT molecular complexity index is 291. The van der Waals surface area contributed by atoms with Gasteiger partial charge < -0.3 is 15.0 Å². The molecular weight excluding hydrogens is 252 g/mol. The fourth-order valence-corrected chi connectivity index (χ4v) is 2.74. The molecule has 2 saturated heterocycles. The second-order valence-corrected chi connectivity index (χ2v) is 6.23. The van der Waals surface area contributed by atoms with Gasteiger partial charge >= 0.3 is 6.09 Å². The quantitative estimate of drug-likeness (QED) is 0.738. The van der Waals surface area contributed by atoms with Crippen molar-refractivity contribution in [1.82, 2.24) is 10.2 Å². The molecule has 0 spiro atoms. The molecule has 0 unspecified atom stereocenters. The molecule has 2 aliphatic rings. The van der Waals surface area contributed by atoms with Gasteiger partial charge in [-0.25, -0.2) is 4.79 Å². The number of halogens is 1. The highest BCUT2D eigenvalue weighted by atomic mass is 35.5. The molecule has 0 saturated carbocycles. The number of nitrogens with one attached hydrogen (secondary N) is 1. The van der Waals surface area contributed by atoms with E-state index in [1.807, 2.05) is 25.7 Å². The minimum absolute atomic E-state index is 0. The molecule has 0 aliphatic carbocycles. The van der Waals surface area contributed by atoms with E-state index in [-0.39, 0.29) is 24.1 Å². The van der Waals surface area contributed by atoms with E-state index in [0.717, 1.165) is 38.5 Å². The summed E-state index contributed by atoms with van der Waals surface area (Å²) in [5.74, 6) is 1.42. The molecule has 2 fully saturated rings. The molecule has 0 aromatic heterocycles. The molecule has 0 aromatic carbocycles. The van der Waals surface area contributed by atoms with E-state index < -0.39 is 0 Å². The molecule has 2 heterocycles. The molecule has 18 heavy (non-hydrogen) atoms. The van der Waals surface area contributed by atoms with Crippen LogP contribution in [0, 0.1) is 11.8 Å². The van der Waals surface area contributed by atoms with E-state index in [4.69, 9.17) is 4.74 Å². The lowest BCUT2D eigenvalue weighted by atomic mass is 9.81. The van der Waals surface area contributed by atoms with Gasteiger partial charge in [-0.05, 0) is 58.5 Å². The molecule has 0 aromatic rings. The van der Waals surface area contributed by atoms with Crippen LogP contribution in [0.15, 0.2) is 0 Å². The van der Waals surface area contributed by atoms with Gasteiger partial charge in [-0.15, -0.1) is 12.4 Å². The fourth-order valence-electron chi connectivity index (χ4n) is 2.74. The summed E-state index contributed by atoms with van der Waals surface area (Å²) in [5.41, 5.74) is -0.387. The van der Waals surface area contributed by atoms with Gasteiger partial charge in [-0.3, -0.25) is 0 Å². The highest BCUT2D eigenvalue weighted by molar-refractivity contribution is 5.85. The molecule has 4 nitrogen and oxygen atoms in total. The third-order valence-corrected chi connectivity index (χ3v) is 3.64. The normalized spacial score (nSPS) is 28.1. The first-order chi connectivity index (χ1) is 7.96. The Morgan fingerprint density at radius 3 is 2.67 bits per heavy atom. The number of hydrogen-bond donors (Lipinski definition) is 1. The number of ether oxygens (including phenoxy) is 1. The van der Waals surface area contributed by atoms with Crippen LogP contribution in [-0.2, 0) is 4.74 Å². The Hall–Kier alpha value is -0.480. The second-order valence-electron chi connectivity index (χ2n) is 6.23. The molecule has 2 atom stereocenters. The van der Waals surface area contributed by atoms with Crippen molar-refractivity contribution in [2.75, 3.05) is 26.2 Å². The monoisotopic (exact) mass is 276 g/mol. The summed E-state index contributed by atoms with van der Waals surface area (Å²) < 4.78 is 5.43. The molecule has 0 radical (unpaired) electrons. The highest BCUT2D eigenvalue weighted by Crippen LogP contribution is 2.28. The van der Waals surface area contributed by atoms with Crippen molar-refractivity contribution in [3.05, 3.63) is 0 Å². The van der Waals surface area contributed by atoms with Crippen molar-refractivity contribution in [2.45, 2.75) is 39.2 Å². The third-order valence-electron chi connectivity index (χ3n) is 3.64. The predicted octanol–water partition coefficient (Wildman–Crippen LogP) is 2.27. The molecule has 2 aliphatic heterocycles. The average Bonchev–Trinajstić information content (AvgIpc) is 2.26. The van der Waals surface area contributed by atoms with Gasteiger partial charge in [-0.1, -0.05) is 0 Å². The number of likely N-dealkylation sites (tertiary alicyclic amines) is 1. The average molecular weight is 277 g/mol. The minimum atomic E-state index is -0.387. The maximum atomic E-state index is 12.0. The van der Waals surface area contributed by atoms with Crippen molar-refractivity contribution >= 4 is 18.5 Å². The van der Waals surface area contributed by atoms with Crippen molar-refractivity contribution in [3.8, 4) is 0 Å². The Balaban J connectivity index is 0.00000162. The Labute approximate surface area is 116 Å². The Kier molecular flexibility index (Phi) is 5.29. The van der Waals surface area contributed by atoms with E-state index in [1.54, 1.807) is 0 Å². The standard InChI is InChI=1S/C13H24N2O2.ClH/c1-13(2,3)17-12(16)15-7-5-10-8-14-6-4-11(10)9-15;/h10-11,14H,4-9H2,1-3H3;1H/t10-,11-;/m1./s1. The van der Waals surface area contributed by atoms with Gasteiger partial charge in [0.2, 0.25) is 0 Å². The molecule has 5 heteroatoms. The number of piperidine rings is 2. The molecule has 2 rings (SSSR count). The minimum Gasteiger partial charge on any atom is -0.444 e. The summed E-state index contributed by atoms with van der Waals surface area (Å²) in [5, 5.41) is 3.43. The van der Waals surface area contributed by atoms with Crippen molar-refractivity contribution in [1.29, 1.82) is 0 Å². The van der Waals surface area contributed by atoms with Crippen molar-refractivity contribution < 1.29 is 9.53 Å². The second kappa shape index (κ2) is 6.11. The van der Waals surface area contributed by atoms with Gasteiger partial charge in [0.15, 0.2) is 0 Å². The van der Waals surface area contributed by atoms with Crippen LogP contribution in [0.4, 0.5) is 4.79 Å². The maximum Gasteiger partial charge on any atom is 0.410 e. The maximum absolute atomic E-state index is 12.0.